The fourth-order valence-corrected chi connectivity index (χ4v) is 4.25. The van der Waals surface area contributed by atoms with E-state index in [4.69, 9.17) is 0 Å². The zero-order valence-electron chi connectivity index (χ0n) is 14.4. The van der Waals surface area contributed by atoms with Crippen molar-refractivity contribution in [1.29, 1.82) is 0 Å². The molecule has 1 heterocycles. The fraction of sp³-hybridized carbons (Fsp3) is 0.588. The zero-order chi connectivity index (χ0) is 17.2. The molecule has 1 amide bonds. The second kappa shape index (κ2) is 6.91. The highest BCUT2D eigenvalue weighted by atomic mass is 32.2. The maximum Gasteiger partial charge on any atom is 0.246 e. The van der Waals surface area contributed by atoms with E-state index in [1.165, 1.54) is 10.6 Å². The van der Waals surface area contributed by atoms with Gasteiger partial charge in [0.1, 0.15) is 6.04 Å². The summed E-state index contributed by atoms with van der Waals surface area (Å²) in [5.41, 5.74) is 2.68. The van der Waals surface area contributed by atoms with Crippen molar-refractivity contribution in [2.45, 2.75) is 46.1 Å². The van der Waals surface area contributed by atoms with Crippen molar-refractivity contribution < 1.29 is 13.2 Å². The molecule has 0 aromatic heterocycles. The second-order valence-corrected chi connectivity index (χ2v) is 8.14. The SMILES string of the molecule is CC[C@H](C(=O)N1CCCC1)N(c1ccc(C)c(C)c1)S(C)(=O)=O. The molecule has 0 N–H and O–H groups in total. The van der Waals surface area contributed by atoms with Crippen LogP contribution in [0.25, 0.3) is 0 Å². The van der Waals surface area contributed by atoms with Gasteiger partial charge in [-0.2, -0.15) is 0 Å². The number of anilines is 1. The molecule has 6 heteroatoms. The third kappa shape index (κ3) is 3.86. The van der Waals surface area contributed by atoms with E-state index in [1.54, 1.807) is 11.0 Å². The number of likely N-dealkylation sites (tertiary alicyclic amines) is 1. The Bertz CT molecular complexity index is 679. The Morgan fingerprint density at radius 1 is 1.22 bits per heavy atom. The Labute approximate surface area is 139 Å². The third-order valence-electron chi connectivity index (χ3n) is 4.47. The lowest BCUT2D eigenvalue weighted by Crippen LogP contribution is -2.50. The van der Waals surface area contributed by atoms with Crippen molar-refractivity contribution in [3.8, 4) is 0 Å². The van der Waals surface area contributed by atoms with Crippen molar-refractivity contribution in [1.82, 2.24) is 4.90 Å². The molecule has 0 saturated carbocycles. The van der Waals surface area contributed by atoms with E-state index in [-0.39, 0.29) is 5.91 Å². The van der Waals surface area contributed by atoms with E-state index in [0.29, 0.717) is 12.1 Å². The summed E-state index contributed by atoms with van der Waals surface area (Å²) in [6.07, 6.45) is 3.60. The molecule has 1 aliphatic heterocycles. The summed E-state index contributed by atoms with van der Waals surface area (Å²) in [6.45, 7) is 7.23. The van der Waals surface area contributed by atoms with Crippen LogP contribution in [0.4, 0.5) is 5.69 Å². The van der Waals surface area contributed by atoms with Crippen LogP contribution < -0.4 is 4.31 Å². The van der Waals surface area contributed by atoms with Crippen molar-refractivity contribution in [3.63, 3.8) is 0 Å². The number of aryl methyl sites for hydroxylation is 2. The van der Waals surface area contributed by atoms with Crippen LogP contribution in [0.5, 0.6) is 0 Å². The van der Waals surface area contributed by atoms with Crippen LogP contribution in [0, 0.1) is 13.8 Å². The summed E-state index contributed by atoms with van der Waals surface area (Å²) < 4.78 is 26.1. The molecule has 128 valence electrons. The van der Waals surface area contributed by atoms with Gasteiger partial charge in [-0.05, 0) is 56.4 Å². The van der Waals surface area contributed by atoms with Crippen molar-refractivity contribution in [2.24, 2.45) is 0 Å². The summed E-state index contributed by atoms with van der Waals surface area (Å²) >= 11 is 0. The zero-order valence-corrected chi connectivity index (χ0v) is 15.2. The van der Waals surface area contributed by atoms with E-state index in [0.717, 1.165) is 37.1 Å². The lowest BCUT2D eigenvalue weighted by atomic mass is 10.1. The van der Waals surface area contributed by atoms with Crippen molar-refractivity contribution in [3.05, 3.63) is 29.3 Å². The Kier molecular flexibility index (Phi) is 5.34. The van der Waals surface area contributed by atoms with E-state index in [1.807, 2.05) is 32.9 Å². The third-order valence-corrected chi connectivity index (χ3v) is 5.65. The summed E-state index contributed by atoms with van der Waals surface area (Å²) in [5, 5.41) is 0. The molecule has 1 fully saturated rings. The molecule has 1 aromatic carbocycles. The van der Waals surface area contributed by atoms with Gasteiger partial charge in [-0.3, -0.25) is 9.10 Å². The second-order valence-electron chi connectivity index (χ2n) is 6.28. The van der Waals surface area contributed by atoms with Crippen molar-refractivity contribution >= 4 is 21.6 Å². The minimum atomic E-state index is -3.55. The molecular formula is C17H26N2O3S. The highest BCUT2D eigenvalue weighted by molar-refractivity contribution is 7.92. The minimum Gasteiger partial charge on any atom is -0.341 e. The van der Waals surface area contributed by atoms with Gasteiger partial charge < -0.3 is 4.90 Å². The van der Waals surface area contributed by atoms with Crippen LogP contribution in [-0.2, 0) is 14.8 Å². The molecule has 5 nitrogen and oxygen atoms in total. The van der Waals surface area contributed by atoms with Crippen LogP contribution in [0.3, 0.4) is 0 Å². The predicted octanol–water partition coefficient (Wildman–Crippen LogP) is 2.47. The normalized spacial score (nSPS) is 16.4. The molecule has 1 saturated heterocycles. The number of rotatable bonds is 5. The van der Waals surface area contributed by atoms with Gasteiger partial charge in [-0.25, -0.2) is 8.42 Å². The summed E-state index contributed by atoms with van der Waals surface area (Å²) in [7, 11) is -3.55. The molecule has 1 aliphatic rings. The largest absolute Gasteiger partial charge is 0.341 e. The molecule has 23 heavy (non-hydrogen) atoms. The Hall–Kier alpha value is -1.56. The highest BCUT2D eigenvalue weighted by Crippen LogP contribution is 2.26. The Balaban J connectivity index is 2.43. The number of carbonyl (C=O) groups is 1. The first-order valence-electron chi connectivity index (χ1n) is 8.11. The van der Waals surface area contributed by atoms with Crippen LogP contribution in [0.2, 0.25) is 0 Å². The molecule has 0 bridgehead atoms. The minimum absolute atomic E-state index is 0.0892. The summed E-state index contributed by atoms with van der Waals surface area (Å²) in [4.78, 5) is 14.6. The number of hydrogen-bond donors (Lipinski definition) is 0. The topological polar surface area (TPSA) is 57.7 Å². The maximum absolute atomic E-state index is 12.8. The molecule has 0 radical (unpaired) electrons. The molecule has 0 aliphatic carbocycles. The fourth-order valence-electron chi connectivity index (χ4n) is 3.05. The van der Waals surface area contributed by atoms with Crippen LogP contribution in [0.15, 0.2) is 18.2 Å². The van der Waals surface area contributed by atoms with E-state index in [9.17, 15) is 13.2 Å². The number of benzene rings is 1. The monoisotopic (exact) mass is 338 g/mol. The van der Waals surface area contributed by atoms with Gasteiger partial charge in [0.15, 0.2) is 0 Å². The van der Waals surface area contributed by atoms with Crippen LogP contribution >= 0.6 is 0 Å². The van der Waals surface area contributed by atoms with Gasteiger partial charge in [0.05, 0.1) is 11.9 Å². The van der Waals surface area contributed by atoms with E-state index < -0.39 is 16.1 Å². The van der Waals surface area contributed by atoms with Gasteiger partial charge in [0.2, 0.25) is 15.9 Å². The van der Waals surface area contributed by atoms with Gasteiger partial charge in [-0.15, -0.1) is 0 Å². The molecular weight excluding hydrogens is 312 g/mol. The summed E-state index contributed by atoms with van der Waals surface area (Å²) in [6, 6.07) is 4.85. The van der Waals surface area contributed by atoms with Crippen LogP contribution in [0.1, 0.15) is 37.3 Å². The number of hydrogen-bond acceptors (Lipinski definition) is 3. The number of amides is 1. The molecule has 1 aromatic rings. The van der Waals surface area contributed by atoms with Gasteiger partial charge in [0, 0.05) is 13.1 Å². The first kappa shape index (κ1) is 17.8. The average molecular weight is 338 g/mol. The van der Waals surface area contributed by atoms with E-state index in [2.05, 4.69) is 0 Å². The number of sulfonamides is 1. The standard InChI is InChI=1S/C17H26N2O3S/c1-5-16(17(20)18-10-6-7-11-18)19(23(4,21)22)15-9-8-13(2)14(3)12-15/h8-9,12,16H,5-7,10-11H2,1-4H3/t16-/m1/s1. The molecule has 1 atom stereocenters. The smallest absolute Gasteiger partial charge is 0.246 e. The van der Waals surface area contributed by atoms with Crippen molar-refractivity contribution in [2.75, 3.05) is 23.7 Å². The van der Waals surface area contributed by atoms with Gasteiger partial charge >= 0.3 is 0 Å². The Morgan fingerprint density at radius 3 is 2.30 bits per heavy atom. The quantitative estimate of drug-likeness (QED) is 0.829. The lowest BCUT2D eigenvalue weighted by molar-refractivity contribution is -0.131. The Morgan fingerprint density at radius 2 is 1.83 bits per heavy atom. The molecule has 0 spiro atoms. The number of carbonyl (C=O) groups excluding carboxylic acids is 1. The van der Waals surface area contributed by atoms with Crippen LogP contribution in [-0.4, -0.2) is 44.6 Å². The van der Waals surface area contributed by atoms with Gasteiger partial charge in [-0.1, -0.05) is 13.0 Å². The predicted molar refractivity (Wildman–Crippen MR) is 93.1 cm³/mol. The highest BCUT2D eigenvalue weighted by Gasteiger charge is 2.35. The lowest BCUT2D eigenvalue weighted by Gasteiger charge is -2.33. The van der Waals surface area contributed by atoms with E-state index >= 15 is 0 Å². The maximum atomic E-state index is 12.8. The first-order chi connectivity index (χ1) is 10.8. The number of nitrogens with zero attached hydrogens (tertiary/aromatic N) is 2. The first-order valence-corrected chi connectivity index (χ1v) is 9.96. The molecule has 2 rings (SSSR count). The average Bonchev–Trinajstić information content (AvgIpc) is 3.00. The van der Waals surface area contributed by atoms with Gasteiger partial charge in [0.25, 0.3) is 0 Å². The summed E-state index contributed by atoms with van der Waals surface area (Å²) in [5.74, 6) is -0.0892. The molecule has 0 unspecified atom stereocenters.